The third-order valence-electron chi connectivity index (χ3n) is 2.42. The van der Waals surface area contributed by atoms with Gasteiger partial charge in [-0.25, -0.2) is 4.98 Å². The van der Waals surface area contributed by atoms with Crippen molar-refractivity contribution in [2.24, 2.45) is 0 Å². The van der Waals surface area contributed by atoms with Gasteiger partial charge in [0.05, 0.1) is 22.5 Å². The zero-order valence-electron chi connectivity index (χ0n) is 10.4. The second-order valence-electron chi connectivity index (χ2n) is 3.74. The first kappa shape index (κ1) is 13.3. The van der Waals surface area contributed by atoms with E-state index in [2.05, 4.69) is 20.6 Å². The molecule has 0 aliphatic rings. The fraction of sp³-hybridized carbons (Fsp3) is 0.154. The van der Waals surface area contributed by atoms with Crippen LogP contribution in [0, 0.1) is 0 Å². The van der Waals surface area contributed by atoms with Crippen LogP contribution in [-0.2, 0) is 0 Å². The smallest absolute Gasteiger partial charge is 0.259 e. The maximum absolute atomic E-state index is 12.2. The largest absolute Gasteiger partial charge is 0.383 e. The summed E-state index contributed by atoms with van der Waals surface area (Å²) in [6.07, 6.45) is 4.74. The van der Waals surface area contributed by atoms with Gasteiger partial charge in [-0.3, -0.25) is 9.78 Å². The van der Waals surface area contributed by atoms with Crippen LogP contribution in [-0.4, -0.2) is 22.4 Å². The molecule has 0 aliphatic heterocycles. The van der Waals surface area contributed by atoms with Gasteiger partial charge in [-0.05, 0) is 25.1 Å². The zero-order chi connectivity index (χ0) is 13.7. The van der Waals surface area contributed by atoms with Crippen LogP contribution in [0.25, 0.3) is 0 Å². The molecule has 0 spiro atoms. The van der Waals surface area contributed by atoms with Crippen molar-refractivity contribution in [1.29, 1.82) is 0 Å². The number of pyridine rings is 2. The van der Waals surface area contributed by atoms with Crippen molar-refractivity contribution in [2.45, 2.75) is 6.92 Å². The Kier molecular flexibility index (Phi) is 4.30. The average molecular weight is 277 g/mol. The molecule has 6 heteroatoms. The lowest BCUT2D eigenvalue weighted by molar-refractivity contribution is 0.102. The molecule has 0 aliphatic carbocycles. The number of nitrogens with zero attached hydrogens (tertiary/aromatic N) is 2. The minimum Gasteiger partial charge on any atom is -0.383 e. The second-order valence-corrected chi connectivity index (χ2v) is 4.15. The highest BCUT2D eigenvalue weighted by Gasteiger charge is 2.13. The van der Waals surface area contributed by atoms with Gasteiger partial charge in [0.25, 0.3) is 5.91 Å². The highest BCUT2D eigenvalue weighted by atomic mass is 35.5. The molecule has 19 heavy (non-hydrogen) atoms. The summed E-state index contributed by atoms with van der Waals surface area (Å²) in [7, 11) is 0. The van der Waals surface area contributed by atoms with Gasteiger partial charge in [-0.15, -0.1) is 0 Å². The quantitative estimate of drug-likeness (QED) is 0.901. The van der Waals surface area contributed by atoms with Gasteiger partial charge in [0.1, 0.15) is 0 Å². The summed E-state index contributed by atoms with van der Waals surface area (Å²) in [5.74, 6) is 0.0624. The molecule has 0 saturated carbocycles. The van der Waals surface area contributed by atoms with Crippen LogP contribution in [0.1, 0.15) is 17.3 Å². The van der Waals surface area contributed by atoms with Crippen molar-refractivity contribution in [2.75, 3.05) is 17.2 Å². The lowest BCUT2D eigenvalue weighted by Gasteiger charge is -2.10. The molecule has 2 N–H and O–H groups in total. The summed E-state index contributed by atoms with van der Waals surface area (Å²) in [5.41, 5.74) is 1.17. The van der Waals surface area contributed by atoms with Crippen molar-refractivity contribution >= 4 is 29.0 Å². The molecule has 0 aromatic carbocycles. The third kappa shape index (κ3) is 3.20. The van der Waals surface area contributed by atoms with Crippen LogP contribution >= 0.6 is 11.6 Å². The molecule has 2 aromatic heterocycles. The van der Waals surface area contributed by atoms with E-state index in [9.17, 15) is 4.79 Å². The van der Waals surface area contributed by atoms with Gasteiger partial charge in [0.15, 0.2) is 5.82 Å². The van der Waals surface area contributed by atoms with Gasteiger partial charge >= 0.3 is 0 Å². The second kappa shape index (κ2) is 6.15. The van der Waals surface area contributed by atoms with Gasteiger partial charge in [-0.1, -0.05) is 11.6 Å². The molecular weight excluding hydrogens is 264 g/mol. The number of carbonyl (C=O) groups excluding carboxylic acids is 1. The number of rotatable bonds is 4. The summed E-state index contributed by atoms with van der Waals surface area (Å²) < 4.78 is 0. The topological polar surface area (TPSA) is 66.9 Å². The van der Waals surface area contributed by atoms with Gasteiger partial charge in [-0.2, -0.15) is 0 Å². The molecule has 0 radical (unpaired) electrons. The molecule has 1 amide bonds. The Balaban J connectivity index is 2.23. The Bertz CT molecular complexity index is 588. The Morgan fingerprint density at radius 3 is 2.95 bits per heavy atom. The van der Waals surface area contributed by atoms with Crippen LogP contribution < -0.4 is 10.6 Å². The first-order chi connectivity index (χ1) is 9.22. The van der Waals surface area contributed by atoms with Gasteiger partial charge < -0.3 is 10.6 Å². The molecule has 2 heterocycles. The Labute approximate surface area is 116 Å². The number of nitrogens with one attached hydrogen (secondary N) is 2. The minimum atomic E-state index is -0.279. The predicted molar refractivity (Wildman–Crippen MR) is 75.6 cm³/mol. The van der Waals surface area contributed by atoms with E-state index in [0.717, 1.165) is 0 Å². The van der Waals surface area contributed by atoms with Crippen molar-refractivity contribution in [3.05, 3.63) is 47.4 Å². The van der Waals surface area contributed by atoms with Crippen LogP contribution in [0.4, 0.5) is 11.5 Å². The molecule has 0 unspecified atom stereocenters. The first-order valence-corrected chi connectivity index (χ1v) is 6.20. The lowest BCUT2D eigenvalue weighted by Crippen LogP contribution is -2.16. The monoisotopic (exact) mass is 276 g/mol. The fourth-order valence-electron chi connectivity index (χ4n) is 1.58. The van der Waals surface area contributed by atoms with Gasteiger partial charge in [0, 0.05) is 18.9 Å². The molecule has 2 aromatic rings. The van der Waals surface area contributed by atoms with Crippen molar-refractivity contribution in [1.82, 2.24) is 9.97 Å². The first-order valence-electron chi connectivity index (χ1n) is 5.82. The fourth-order valence-corrected chi connectivity index (χ4v) is 1.75. The molecule has 5 nitrogen and oxygen atoms in total. The number of hydrogen-bond donors (Lipinski definition) is 2. The van der Waals surface area contributed by atoms with E-state index in [-0.39, 0.29) is 5.91 Å². The number of anilines is 2. The number of halogens is 1. The molecule has 0 fully saturated rings. The van der Waals surface area contributed by atoms with E-state index in [0.29, 0.717) is 28.6 Å². The SMILES string of the molecule is CCNc1cnccc1C(=O)Nc1ncccc1Cl. The summed E-state index contributed by atoms with van der Waals surface area (Å²) in [6, 6.07) is 5.01. The van der Waals surface area contributed by atoms with Gasteiger partial charge in [0.2, 0.25) is 0 Å². The summed E-state index contributed by atoms with van der Waals surface area (Å²) in [4.78, 5) is 20.2. The number of carbonyl (C=O) groups is 1. The summed E-state index contributed by atoms with van der Waals surface area (Å²) >= 11 is 5.95. The van der Waals surface area contributed by atoms with Crippen molar-refractivity contribution in [3.63, 3.8) is 0 Å². The van der Waals surface area contributed by atoms with Crippen molar-refractivity contribution in [3.8, 4) is 0 Å². The lowest BCUT2D eigenvalue weighted by atomic mass is 10.2. The van der Waals surface area contributed by atoms with E-state index in [1.807, 2.05) is 6.92 Å². The van der Waals surface area contributed by atoms with E-state index in [1.165, 1.54) is 0 Å². The molecule has 2 rings (SSSR count). The molecule has 0 bridgehead atoms. The standard InChI is InChI=1S/C13H13ClN4O/c1-2-16-11-8-15-7-5-9(11)13(19)18-12-10(14)4-3-6-17-12/h3-8,16H,2H2,1H3,(H,17,18,19). The van der Waals surface area contributed by atoms with Crippen molar-refractivity contribution < 1.29 is 4.79 Å². The Hall–Kier alpha value is -2.14. The van der Waals surface area contributed by atoms with Crippen LogP contribution in [0.3, 0.4) is 0 Å². The molecule has 0 saturated heterocycles. The summed E-state index contributed by atoms with van der Waals surface area (Å²) in [5, 5.41) is 6.15. The molecule has 0 atom stereocenters. The maximum Gasteiger partial charge on any atom is 0.259 e. The Morgan fingerprint density at radius 1 is 1.37 bits per heavy atom. The molecular formula is C13H13ClN4O. The normalized spacial score (nSPS) is 10.0. The zero-order valence-corrected chi connectivity index (χ0v) is 11.1. The predicted octanol–water partition coefficient (Wildman–Crippen LogP) is 2.81. The highest BCUT2D eigenvalue weighted by Crippen LogP contribution is 2.20. The average Bonchev–Trinajstić information content (AvgIpc) is 2.42. The van der Waals surface area contributed by atoms with Crippen LogP contribution in [0.2, 0.25) is 5.02 Å². The van der Waals surface area contributed by atoms with Crippen LogP contribution in [0.5, 0.6) is 0 Å². The Morgan fingerprint density at radius 2 is 2.21 bits per heavy atom. The number of hydrogen-bond acceptors (Lipinski definition) is 4. The van der Waals surface area contributed by atoms with E-state index in [4.69, 9.17) is 11.6 Å². The van der Waals surface area contributed by atoms with Crippen LogP contribution in [0.15, 0.2) is 36.8 Å². The van der Waals surface area contributed by atoms with E-state index < -0.39 is 0 Å². The molecule has 98 valence electrons. The van der Waals surface area contributed by atoms with E-state index >= 15 is 0 Å². The maximum atomic E-state index is 12.2. The number of amides is 1. The highest BCUT2D eigenvalue weighted by molar-refractivity contribution is 6.33. The minimum absolute atomic E-state index is 0.279. The summed E-state index contributed by atoms with van der Waals surface area (Å²) in [6.45, 7) is 2.65. The van der Waals surface area contributed by atoms with E-state index in [1.54, 1.807) is 36.8 Å². The third-order valence-corrected chi connectivity index (χ3v) is 2.73. The number of aromatic nitrogens is 2.